The van der Waals surface area contributed by atoms with E-state index in [-0.39, 0.29) is 17.6 Å². The quantitative estimate of drug-likeness (QED) is 0.542. The number of nitrogens with zero attached hydrogens (tertiary/aromatic N) is 1. The van der Waals surface area contributed by atoms with Crippen LogP contribution in [0, 0.1) is 0 Å². The summed E-state index contributed by atoms with van der Waals surface area (Å²) < 4.78 is 5.48. The molecule has 6 nitrogen and oxygen atoms in total. The molecule has 1 fully saturated rings. The van der Waals surface area contributed by atoms with Crippen molar-refractivity contribution in [1.82, 2.24) is 10.3 Å². The van der Waals surface area contributed by atoms with E-state index in [4.69, 9.17) is 10.6 Å². The number of ether oxygens (including phenoxy) is 1. The van der Waals surface area contributed by atoms with Crippen LogP contribution in [0.1, 0.15) is 30.8 Å². The Hall–Kier alpha value is -1.66. The maximum atomic E-state index is 12.1. The molecule has 1 aromatic heterocycles. The van der Waals surface area contributed by atoms with Crippen molar-refractivity contribution in [2.24, 2.45) is 5.84 Å². The van der Waals surface area contributed by atoms with Crippen molar-refractivity contribution in [1.29, 1.82) is 0 Å². The van der Waals surface area contributed by atoms with Gasteiger partial charge in [0.1, 0.15) is 5.69 Å². The van der Waals surface area contributed by atoms with E-state index in [1.54, 1.807) is 12.1 Å². The van der Waals surface area contributed by atoms with Crippen LogP contribution < -0.4 is 16.6 Å². The van der Waals surface area contributed by atoms with Gasteiger partial charge in [-0.05, 0) is 32.4 Å². The molecule has 98 valence electrons. The molecule has 1 aliphatic rings. The zero-order chi connectivity index (χ0) is 13.2. The summed E-state index contributed by atoms with van der Waals surface area (Å²) >= 11 is 0. The standard InChI is InChI=1S/C12H18N4O2/c1-8-12(2,5-6-18-8)15-11(17)10-4-3-9(16-13)7-14-10/h3-4,7-8,16H,5-6,13H2,1-2H3,(H,15,17). The number of rotatable bonds is 3. The summed E-state index contributed by atoms with van der Waals surface area (Å²) in [7, 11) is 0. The Balaban J connectivity index is 2.07. The van der Waals surface area contributed by atoms with E-state index in [9.17, 15) is 4.79 Å². The van der Waals surface area contributed by atoms with Gasteiger partial charge < -0.3 is 15.5 Å². The molecule has 0 bridgehead atoms. The van der Waals surface area contributed by atoms with E-state index in [0.717, 1.165) is 6.42 Å². The highest BCUT2D eigenvalue weighted by Crippen LogP contribution is 2.25. The Labute approximate surface area is 106 Å². The number of hydrazine groups is 1. The Morgan fingerprint density at radius 3 is 2.89 bits per heavy atom. The molecule has 0 saturated carbocycles. The number of aromatic nitrogens is 1. The summed E-state index contributed by atoms with van der Waals surface area (Å²) in [5.74, 6) is 5.04. The molecule has 2 atom stereocenters. The molecule has 1 saturated heterocycles. The van der Waals surface area contributed by atoms with Crippen LogP contribution in [-0.2, 0) is 4.74 Å². The number of hydrogen-bond acceptors (Lipinski definition) is 5. The minimum Gasteiger partial charge on any atom is -0.376 e. The van der Waals surface area contributed by atoms with E-state index in [1.807, 2.05) is 13.8 Å². The SMILES string of the molecule is CC1OCCC1(C)NC(=O)c1ccc(NN)cn1. The third kappa shape index (κ3) is 2.44. The average Bonchev–Trinajstić information content (AvgIpc) is 2.69. The van der Waals surface area contributed by atoms with Gasteiger partial charge in [-0.3, -0.25) is 10.6 Å². The fourth-order valence-corrected chi connectivity index (χ4v) is 1.94. The molecular weight excluding hydrogens is 232 g/mol. The van der Waals surface area contributed by atoms with Crippen molar-refractivity contribution in [2.45, 2.75) is 31.9 Å². The second-order valence-electron chi connectivity index (χ2n) is 4.71. The Kier molecular flexibility index (Phi) is 3.49. The van der Waals surface area contributed by atoms with Crippen LogP contribution in [0.3, 0.4) is 0 Å². The van der Waals surface area contributed by atoms with Gasteiger partial charge >= 0.3 is 0 Å². The normalized spacial score (nSPS) is 26.9. The highest BCUT2D eigenvalue weighted by molar-refractivity contribution is 5.93. The number of amides is 1. The molecule has 0 spiro atoms. The van der Waals surface area contributed by atoms with E-state index in [0.29, 0.717) is 18.0 Å². The minimum absolute atomic E-state index is 0.00596. The molecule has 2 heterocycles. The summed E-state index contributed by atoms with van der Waals surface area (Å²) in [6.45, 7) is 4.61. The summed E-state index contributed by atoms with van der Waals surface area (Å²) in [5.41, 5.74) is 3.17. The van der Waals surface area contributed by atoms with Crippen molar-refractivity contribution >= 4 is 11.6 Å². The van der Waals surface area contributed by atoms with Gasteiger partial charge in [-0.2, -0.15) is 0 Å². The van der Waals surface area contributed by atoms with E-state index in [2.05, 4.69) is 15.7 Å². The first-order chi connectivity index (χ1) is 8.55. The minimum atomic E-state index is -0.330. The molecule has 1 aliphatic heterocycles. The summed E-state index contributed by atoms with van der Waals surface area (Å²) in [6, 6.07) is 3.34. The van der Waals surface area contributed by atoms with Crippen LogP contribution in [0.25, 0.3) is 0 Å². The summed E-state index contributed by atoms with van der Waals surface area (Å²) in [6.07, 6.45) is 2.33. The Morgan fingerprint density at radius 1 is 1.61 bits per heavy atom. The fourth-order valence-electron chi connectivity index (χ4n) is 1.94. The lowest BCUT2D eigenvalue weighted by Gasteiger charge is -2.28. The van der Waals surface area contributed by atoms with Crippen LogP contribution in [-0.4, -0.2) is 29.1 Å². The maximum Gasteiger partial charge on any atom is 0.270 e. The summed E-state index contributed by atoms with van der Waals surface area (Å²) in [4.78, 5) is 16.1. The number of hydrogen-bond donors (Lipinski definition) is 3. The number of carbonyl (C=O) groups excluding carboxylic acids is 1. The maximum absolute atomic E-state index is 12.1. The van der Waals surface area contributed by atoms with E-state index in [1.165, 1.54) is 6.20 Å². The van der Waals surface area contributed by atoms with Gasteiger partial charge in [0.15, 0.2) is 0 Å². The van der Waals surface area contributed by atoms with Gasteiger partial charge in [-0.1, -0.05) is 0 Å². The Morgan fingerprint density at radius 2 is 2.39 bits per heavy atom. The van der Waals surface area contributed by atoms with Crippen molar-refractivity contribution < 1.29 is 9.53 Å². The van der Waals surface area contributed by atoms with E-state index < -0.39 is 0 Å². The number of carbonyl (C=O) groups is 1. The first-order valence-electron chi connectivity index (χ1n) is 5.92. The topological polar surface area (TPSA) is 89.3 Å². The predicted molar refractivity (Wildman–Crippen MR) is 67.9 cm³/mol. The van der Waals surface area contributed by atoms with Crippen molar-refractivity contribution in [3.63, 3.8) is 0 Å². The van der Waals surface area contributed by atoms with Crippen molar-refractivity contribution in [2.75, 3.05) is 12.0 Å². The Bertz CT molecular complexity index is 434. The number of anilines is 1. The van der Waals surface area contributed by atoms with Gasteiger partial charge in [0, 0.05) is 6.61 Å². The van der Waals surface area contributed by atoms with Crippen molar-refractivity contribution in [3.8, 4) is 0 Å². The van der Waals surface area contributed by atoms with Gasteiger partial charge in [-0.15, -0.1) is 0 Å². The van der Waals surface area contributed by atoms with Crippen LogP contribution in [0.2, 0.25) is 0 Å². The highest BCUT2D eigenvalue weighted by Gasteiger charge is 2.38. The number of pyridine rings is 1. The van der Waals surface area contributed by atoms with Crippen LogP contribution in [0.4, 0.5) is 5.69 Å². The van der Waals surface area contributed by atoms with Gasteiger partial charge in [0.05, 0.1) is 23.5 Å². The third-order valence-corrected chi connectivity index (χ3v) is 3.45. The van der Waals surface area contributed by atoms with Crippen LogP contribution in [0.15, 0.2) is 18.3 Å². The van der Waals surface area contributed by atoms with Crippen LogP contribution in [0.5, 0.6) is 0 Å². The first kappa shape index (κ1) is 12.8. The molecule has 2 unspecified atom stereocenters. The molecule has 1 aromatic rings. The monoisotopic (exact) mass is 250 g/mol. The molecule has 6 heteroatoms. The second-order valence-corrected chi connectivity index (χ2v) is 4.71. The lowest BCUT2D eigenvalue weighted by atomic mass is 9.94. The molecule has 1 amide bonds. The molecule has 0 radical (unpaired) electrons. The van der Waals surface area contributed by atoms with Crippen LogP contribution >= 0.6 is 0 Å². The predicted octanol–water partition coefficient (Wildman–Crippen LogP) is 0.664. The fraction of sp³-hybridized carbons (Fsp3) is 0.500. The number of nitrogen functional groups attached to an aromatic ring is 1. The lowest BCUT2D eigenvalue weighted by molar-refractivity contribution is 0.0724. The number of nitrogens with one attached hydrogen (secondary N) is 2. The molecule has 4 N–H and O–H groups in total. The zero-order valence-electron chi connectivity index (χ0n) is 10.6. The lowest BCUT2D eigenvalue weighted by Crippen LogP contribution is -2.50. The largest absolute Gasteiger partial charge is 0.376 e. The number of nitrogens with two attached hydrogens (primary N) is 1. The molecule has 0 aromatic carbocycles. The highest BCUT2D eigenvalue weighted by atomic mass is 16.5. The van der Waals surface area contributed by atoms with Gasteiger partial charge in [0.2, 0.25) is 0 Å². The third-order valence-electron chi connectivity index (χ3n) is 3.45. The smallest absolute Gasteiger partial charge is 0.270 e. The summed E-state index contributed by atoms with van der Waals surface area (Å²) in [5, 5.41) is 2.98. The second kappa shape index (κ2) is 4.91. The molecule has 18 heavy (non-hydrogen) atoms. The molecular formula is C12H18N4O2. The van der Waals surface area contributed by atoms with E-state index >= 15 is 0 Å². The molecule has 0 aliphatic carbocycles. The van der Waals surface area contributed by atoms with Gasteiger partial charge in [0.25, 0.3) is 5.91 Å². The molecule has 2 rings (SSSR count). The van der Waals surface area contributed by atoms with Gasteiger partial charge in [-0.25, -0.2) is 4.98 Å². The van der Waals surface area contributed by atoms with Crippen molar-refractivity contribution in [3.05, 3.63) is 24.0 Å². The average molecular weight is 250 g/mol. The zero-order valence-corrected chi connectivity index (χ0v) is 10.6. The first-order valence-corrected chi connectivity index (χ1v) is 5.92.